The molecule has 1 atom stereocenters. The van der Waals surface area contributed by atoms with Crippen LogP contribution in [0.2, 0.25) is 0 Å². The number of aryl methyl sites for hydroxylation is 1. The van der Waals surface area contributed by atoms with Crippen LogP contribution in [0.15, 0.2) is 48.5 Å². The van der Waals surface area contributed by atoms with Crippen LogP contribution in [0.3, 0.4) is 0 Å². The highest BCUT2D eigenvalue weighted by atomic mass is 16.5. The summed E-state index contributed by atoms with van der Waals surface area (Å²) in [7, 11) is 4.05. The fourth-order valence-corrected chi connectivity index (χ4v) is 3.85. The van der Waals surface area contributed by atoms with Crippen LogP contribution in [0, 0.1) is 6.92 Å². The molecule has 2 aromatic carbocycles. The van der Waals surface area contributed by atoms with Gasteiger partial charge in [0.1, 0.15) is 12.4 Å². The summed E-state index contributed by atoms with van der Waals surface area (Å²) in [6.45, 7) is 6.44. The number of nitrogens with zero attached hydrogens (tertiary/aromatic N) is 2. The van der Waals surface area contributed by atoms with Crippen LogP contribution in [-0.2, 0) is 11.2 Å². The van der Waals surface area contributed by atoms with Crippen molar-refractivity contribution < 1.29 is 9.53 Å². The number of ether oxygens (including phenoxy) is 1. The fourth-order valence-electron chi connectivity index (χ4n) is 3.85. The first kappa shape index (κ1) is 22.3. The molecule has 0 aliphatic carbocycles. The Morgan fingerprint density at radius 3 is 2.57 bits per heavy atom. The molecule has 0 saturated carbocycles. The molecule has 0 bridgehead atoms. The van der Waals surface area contributed by atoms with E-state index in [1.165, 1.54) is 24.0 Å². The zero-order valence-electron chi connectivity index (χ0n) is 18.6. The van der Waals surface area contributed by atoms with E-state index in [1.807, 2.05) is 38.4 Å². The number of likely N-dealkylation sites (tertiary alicyclic amines) is 1. The second kappa shape index (κ2) is 11.1. The molecule has 162 valence electrons. The van der Waals surface area contributed by atoms with Crippen molar-refractivity contribution in [1.29, 1.82) is 0 Å². The number of rotatable bonds is 10. The summed E-state index contributed by atoms with van der Waals surface area (Å²) in [5.41, 5.74) is 3.51. The first-order valence-electron chi connectivity index (χ1n) is 10.9. The number of carbonyl (C=O) groups is 1. The van der Waals surface area contributed by atoms with Crippen molar-refractivity contribution in [3.05, 3.63) is 65.2 Å². The summed E-state index contributed by atoms with van der Waals surface area (Å²) in [5.74, 6) is 0.869. The van der Waals surface area contributed by atoms with Crippen LogP contribution in [0.1, 0.15) is 35.6 Å². The van der Waals surface area contributed by atoms with Crippen molar-refractivity contribution in [3.63, 3.8) is 0 Å². The number of hydrogen-bond acceptors (Lipinski definition) is 4. The number of carbonyl (C=O) groups excluding carboxylic acids is 1. The highest BCUT2D eigenvalue weighted by Crippen LogP contribution is 2.25. The van der Waals surface area contributed by atoms with Gasteiger partial charge in [0.15, 0.2) is 0 Å². The fraction of sp³-hybridized carbons (Fsp3) is 0.480. The molecule has 3 rings (SSSR count). The lowest BCUT2D eigenvalue weighted by atomic mass is 10.0. The van der Waals surface area contributed by atoms with Gasteiger partial charge in [-0.2, -0.15) is 0 Å². The van der Waals surface area contributed by atoms with Crippen molar-refractivity contribution in [3.8, 4) is 5.75 Å². The Kier molecular flexibility index (Phi) is 8.29. The summed E-state index contributed by atoms with van der Waals surface area (Å²) in [5, 5.41) is 3.17. The molecule has 0 aromatic heterocycles. The number of hydrogen-bond donors (Lipinski definition) is 1. The Hall–Kier alpha value is -2.37. The Labute approximate surface area is 181 Å². The van der Waals surface area contributed by atoms with Crippen molar-refractivity contribution in [1.82, 2.24) is 15.1 Å². The second-order valence-corrected chi connectivity index (χ2v) is 8.45. The number of amides is 1. The van der Waals surface area contributed by atoms with E-state index in [4.69, 9.17) is 4.74 Å². The third kappa shape index (κ3) is 6.85. The van der Waals surface area contributed by atoms with E-state index in [9.17, 15) is 4.79 Å². The van der Waals surface area contributed by atoms with E-state index in [0.29, 0.717) is 19.6 Å². The van der Waals surface area contributed by atoms with Crippen molar-refractivity contribution >= 4 is 5.91 Å². The predicted molar refractivity (Wildman–Crippen MR) is 122 cm³/mol. The monoisotopic (exact) mass is 409 g/mol. The van der Waals surface area contributed by atoms with Gasteiger partial charge in [-0.15, -0.1) is 0 Å². The molecule has 1 fully saturated rings. The van der Waals surface area contributed by atoms with Crippen LogP contribution < -0.4 is 10.1 Å². The van der Waals surface area contributed by atoms with Gasteiger partial charge in [-0.1, -0.05) is 42.0 Å². The second-order valence-electron chi connectivity index (χ2n) is 8.45. The molecule has 5 heteroatoms. The standard InChI is InChI=1S/C25H35N3O2/c1-20-9-11-22(12-10-20)24(28-13-4-5-14-28)19-26-25(29)18-21-7-6-8-23(17-21)30-16-15-27(2)3/h6-12,17,24H,4-5,13-16,18-19H2,1-3H3,(H,26,29)/t24-/m0/s1. The molecule has 1 saturated heterocycles. The van der Waals surface area contributed by atoms with Crippen LogP contribution in [0.25, 0.3) is 0 Å². The molecule has 5 nitrogen and oxygen atoms in total. The highest BCUT2D eigenvalue weighted by molar-refractivity contribution is 5.78. The third-order valence-corrected chi connectivity index (χ3v) is 5.61. The maximum absolute atomic E-state index is 12.7. The third-order valence-electron chi connectivity index (χ3n) is 5.61. The number of benzene rings is 2. The minimum Gasteiger partial charge on any atom is -0.492 e. The summed E-state index contributed by atoms with van der Waals surface area (Å²) >= 11 is 0. The van der Waals surface area contributed by atoms with E-state index in [-0.39, 0.29) is 11.9 Å². The number of nitrogens with one attached hydrogen (secondary N) is 1. The summed E-state index contributed by atoms with van der Waals surface area (Å²) < 4.78 is 5.79. The van der Waals surface area contributed by atoms with Crippen LogP contribution in [0.4, 0.5) is 0 Å². The minimum atomic E-state index is 0.0525. The van der Waals surface area contributed by atoms with E-state index < -0.39 is 0 Å². The minimum absolute atomic E-state index is 0.0525. The van der Waals surface area contributed by atoms with Gasteiger partial charge >= 0.3 is 0 Å². The van der Waals surface area contributed by atoms with Crippen molar-refractivity contribution in [2.45, 2.75) is 32.2 Å². The molecule has 30 heavy (non-hydrogen) atoms. The Morgan fingerprint density at radius 2 is 1.87 bits per heavy atom. The molecule has 1 aliphatic rings. The molecular weight excluding hydrogens is 374 g/mol. The van der Waals surface area contributed by atoms with Crippen LogP contribution in [-0.4, -0.2) is 62.6 Å². The summed E-state index contributed by atoms with van der Waals surface area (Å²) in [6.07, 6.45) is 2.83. The lowest BCUT2D eigenvalue weighted by molar-refractivity contribution is -0.120. The van der Waals surface area contributed by atoms with Crippen LogP contribution in [0.5, 0.6) is 5.75 Å². The summed E-state index contributed by atoms with van der Waals surface area (Å²) in [6, 6.07) is 16.8. The molecular formula is C25H35N3O2. The van der Waals surface area contributed by atoms with Gasteiger partial charge in [-0.25, -0.2) is 0 Å². The zero-order valence-corrected chi connectivity index (χ0v) is 18.6. The molecule has 0 spiro atoms. The van der Waals surface area contributed by atoms with E-state index in [2.05, 4.69) is 46.3 Å². The molecule has 0 radical (unpaired) electrons. The number of likely N-dealkylation sites (N-methyl/N-ethyl adjacent to an activating group) is 1. The zero-order chi connectivity index (χ0) is 21.3. The smallest absolute Gasteiger partial charge is 0.224 e. The van der Waals surface area contributed by atoms with Crippen LogP contribution >= 0.6 is 0 Å². The highest BCUT2D eigenvalue weighted by Gasteiger charge is 2.23. The lowest BCUT2D eigenvalue weighted by Crippen LogP contribution is -2.37. The average Bonchev–Trinajstić information content (AvgIpc) is 3.24. The van der Waals surface area contributed by atoms with Gasteiger partial charge in [0.2, 0.25) is 5.91 Å². The largest absolute Gasteiger partial charge is 0.492 e. The van der Waals surface area contributed by atoms with E-state index in [1.54, 1.807) is 0 Å². The molecule has 1 heterocycles. The first-order chi connectivity index (χ1) is 14.5. The average molecular weight is 410 g/mol. The molecule has 0 unspecified atom stereocenters. The Balaban J connectivity index is 1.56. The van der Waals surface area contributed by atoms with Gasteiger partial charge < -0.3 is 15.0 Å². The Morgan fingerprint density at radius 1 is 1.13 bits per heavy atom. The van der Waals surface area contributed by atoms with Crippen molar-refractivity contribution in [2.24, 2.45) is 0 Å². The molecule has 1 N–H and O–H groups in total. The van der Waals surface area contributed by atoms with Gasteiger partial charge in [0, 0.05) is 13.1 Å². The SMILES string of the molecule is Cc1ccc([C@H](CNC(=O)Cc2cccc(OCCN(C)C)c2)N2CCCC2)cc1. The lowest BCUT2D eigenvalue weighted by Gasteiger charge is -2.28. The van der Waals surface area contributed by atoms with Gasteiger partial charge in [0.25, 0.3) is 0 Å². The maximum Gasteiger partial charge on any atom is 0.224 e. The van der Waals surface area contributed by atoms with Gasteiger partial charge in [0.05, 0.1) is 12.5 Å². The predicted octanol–water partition coefficient (Wildman–Crippen LogP) is 3.43. The van der Waals surface area contributed by atoms with Gasteiger partial charge in [-0.05, 0) is 70.2 Å². The first-order valence-corrected chi connectivity index (χ1v) is 10.9. The van der Waals surface area contributed by atoms with Crippen molar-refractivity contribution in [2.75, 3.05) is 46.9 Å². The Bertz CT molecular complexity index is 798. The topological polar surface area (TPSA) is 44.8 Å². The molecule has 1 amide bonds. The maximum atomic E-state index is 12.7. The summed E-state index contributed by atoms with van der Waals surface area (Å²) in [4.78, 5) is 17.2. The quantitative estimate of drug-likeness (QED) is 0.653. The normalized spacial score (nSPS) is 15.3. The van der Waals surface area contributed by atoms with Gasteiger partial charge in [-0.3, -0.25) is 9.69 Å². The van der Waals surface area contributed by atoms with E-state index >= 15 is 0 Å². The molecule has 1 aliphatic heterocycles. The molecule has 2 aromatic rings. The van der Waals surface area contributed by atoms with E-state index in [0.717, 1.165) is 30.9 Å².